The van der Waals surface area contributed by atoms with Gasteiger partial charge in [-0.3, -0.25) is 4.90 Å². The van der Waals surface area contributed by atoms with Crippen molar-refractivity contribution in [3.63, 3.8) is 0 Å². The van der Waals surface area contributed by atoms with Gasteiger partial charge in [0.1, 0.15) is 13.2 Å². The molecule has 1 N–H and O–H groups in total. The summed E-state index contributed by atoms with van der Waals surface area (Å²) in [5.41, 5.74) is 4.40. The molecule has 0 aliphatic carbocycles. The molecule has 9 heteroatoms. The molecular formula is C25H31N3O6. The van der Waals surface area contributed by atoms with Crippen molar-refractivity contribution in [3.8, 4) is 0 Å². The van der Waals surface area contributed by atoms with Crippen molar-refractivity contribution < 1.29 is 29.0 Å². The first kappa shape index (κ1) is 22.9. The predicted octanol–water partition coefficient (Wildman–Crippen LogP) is 2.12. The highest BCUT2D eigenvalue weighted by atomic mass is 16.5. The minimum absolute atomic E-state index is 0.00885. The van der Waals surface area contributed by atoms with Crippen molar-refractivity contribution in [2.45, 2.75) is 58.4 Å². The van der Waals surface area contributed by atoms with Crippen molar-refractivity contribution in [1.82, 2.24) is 14.7 Å². The molecule has 1 unspecified atom stereocenters. The lowest BCUT2D eigenvalue weighted by atomic mass is 9.94. The largest absolute Gasteiger partial charge is 0.457 e. The summed E-state index contributed by atoms with van der Waals surface area (Å²) < 4.78 is 10.2. The third kappa shape index (κ3) is 3.76. The van der Waals surface area contributed by atoms with E-state index in [1.165, 1.54) is 0 Å². The van der Waals surface area contributed by atoms with Crippen molar-refractivity contribution >= 4 is 18.0 Å². The molecular weight excluding hydrogens is 438 g/mol. The van der Waals surface area contributed by atoms with Crippen LogP contribution in [-0.2, 0) is 20.9 Å². The van der Waals surface area contributed by atoms with E-state index >= 15 is 0 Å². The number of cyclic esters (lactones) is 2. The van der Waals surface area contributed by atoms with Crippen LogP contribution in [0.2, 0.25) is 0 Å². The third-order valence-corrected chi connectivity index (χ3v) is 7.72. The molecule has 182 valence electrons. The molecule has 0 spiro atoms. The SMILES string of the molecule is CC1=C(N2C(=O)N(C3CCN(C[C@H](O)c4ccc5c(c4C)COC5=O)CC3)CC2C)COC1=O. The summed E-state index contributed by atoms with van der Waals surface area (Å²) in [7, 11) is 0. The number of fused-ring (bicyclic) bond motifs is 1. The van der Waals surface area contributed by atoms with E-state index in [0.717, 1.165) is 42.6 Å². The summed E-state index contributed by atoms with van der Waals surface area (Å²) in [6, 6.07) is 3.64. The maximum absolute atomic E-state index is 13.2. The molecule has 4 heterocycles. The van der Waals surface area contributed by atoms with Crippen LogP contribution in [-0.4, -0.2) is 82.6 Å². The van der Waals surface area contributed by atoms with Crippen LogP contribution in [0, 0.1) is 6.92 Å². The number of likely N-dealkylation sites (tertiary alicyclic amines) is 1. The minimum Gasteiger partial charge on any atom is -0.457 e. The van der Waals surface area contributed by atoms with E-state index in [1.807, 2.05) is 24.8 Å². The van der Waals surface area contributed by atoms with Gasteiger partial charge in [0.25, 0.3) is 0 Å². The number of aliphatic hydroxyl groups is 1. The number of urea groups is 1. The average Bonchev–Trinajstić information content (AvgIpc) is 3.45. The molecule has 9 nitrogen and oxygen atoms in total. The Labute approximate surface area is 198 Å². The number of rotatable bonds is 5. The van der Waals surface area contributed by atoms with E-state index in [1.54, 1.807) is 17.9 Å². The molecule has 0 bridgehead atoms. The van der Waals surface area contributed by atoms with Crippen LogP contribution in [0.25, 0.3) is 0 Å². The Morgan fingerprint density at radius 3 is 2.44 bits per heavy atom. The summed E-state index contributed by atoms with van der Waals surface area (Å²) in [4.78, 5) is 42.7. The van der Waals surface area contributed by atoms with Crippen molar-refractivity contribution in [3.05, 3.63) is 45.7 Å². The van der Waals surface area contributed by atoms with Gasteiger partial charge < -0.3 is 24.4 Å². The molecule has 1 aromatic rings. The number of aliphatic hydroxyl groups excluding tert-OH is 1. The summed E-state index contributed by atoms with van der Waals surface area (Å²) in [5.74, 6) is -0.651. The Bertz CT molecular complexity index is 1070. The average molecular weight is 470 g/mol. The molecule has 2 fully saturated rings. The van der Waals surface area contributed by atoms with Crippen LogP contribution in [0.15, 0.2) is 23.4 Å². The highest BCUT2D eigenvalue weighted by Crippen LogP contribution is 2.32. The molecule has 2 amide bonds. The Balaban J connectivity index is 1.19. The molecule has 4 aliphatic heterocycles. The van der Waals surface area contributed by atoms with Gasteiger partial charge in [0.05, 0.1) is 29.0 Å². The number of hydrogen-bond donors (Lipinski definition) is 1. The number of piperidine rings is 1. The second-order valence-corrected chi connectivity index (χ2v) is 9.73. The Kier molecular flexibility index (Phi) is 5.85. The monoisotopic (exact) mass is 469 g/mol. The van der Waals surface area contributed by atoms with Crippen molar-refractivity contribution in [1.29, 1.82) is 0 Å². The second kappa shape index (κ2) is 8.70. The number of ether oxygens (including phenoxy) is 2. The van der Waals surface area contributed by atoms with Gasteiger partial charge in [-0.2, -0.15) is 0 Å². The van der Waals surface area contributed by atoms with Crippen LogP contribution in [0.1, 0.15) is 59.8 Å². The van der Waals surface area contributed by atoms with Crippen molar-refractivity contribution in [2.75, 3.05) is 32.8 Å². The molecule has 1 aromatic carbocycles. The maximum atomic E-state index is 13.2. The number of carbonyl (C=O) groups is 3. The zero-order chi connectivity index (χ0) is 24.1. The lowest BCUT2D eigenvalue weighted by Crippen LogP contribution is -2.47. The summed E-state index contributed by atoms with van der Waals surface area (Å²) in [5, 5.41) is 10.9. The molecule has 0 saturated carbocycles. The lowest BCUT2D eigenvalue weighted by molar-refractivity contribution is -0.136. The zero-order valence-electron chi connectivity index (χ0n) is 19.9. The van der Waals surface area contributed by atoms with E-state index in [2.05, 4.69) is 4.90 Å². The van der Waals surface area contributed by atoms with Crippen LogP contribution in [0.5, 0.6) is 0 Å². The molecule has 2 atom stereocenters. The highest BCUT2D eigenvalue weighted by Gasteiger charge is 2.43. The summed E-state index contributed by atoms with van der Waals surface area (Å²) in [6.07, 6.45) is 1.01. The van der Waals surface area contributed by atoms with Crippen LogP contribution in [0.3, 0.4) is 0 Å². The molecule has 34 heavy (non-hydrogen) atoms. The van der Waals surface area contributed by atoms with Gasteiger partial charge in [-0.1, -0.05) is 6.07 Å². The van der Waals surface area contributed by atoms with E-state index in [9.17, 15) is 19.5 Å². The van der Waals surface area contributed by atoms with Gasteiger partial charge in [0.2, 0.25) is 0 Å². The topological polar surface area (TPSA) is 99.6 Å². The summed E-state index contributed by atoms with van der Waals surface area (Å²) in [6.45, 7) is 8.78. The third-order valence-electron chi connectivity index (χ3n) is 7.72. The van der Waals surface area contributed by atoms with E-state index in [0.29, 0.717) is 29.9 Å². The Morgan fingerprint density at radius 2 is 1.76 bits per heavy atom. The molecule has 4 aliphatic rings. The van der Waals surface area contributed by atoms with Gasteiger partial charge in [-0.25, -0.2) is 14.4 Å². The quantitative estimate of drug-likeness (QED) is 0.660. The number of esters is 2. The number of hydrogen-bond acceptors (Lipinski definition) is 7. The van der Waals surface area contributed by atoms with Gasteiger partial charge >= 0.3 is 18.0 Å². The van der Waals surface area contributed by atoms with E-state index < -0.39 is 6.10 Å². The zero-order valence-corrected chi connectivity index (χ0v) is 19.9. The standard InChI is InChI=1S/C25H31N3O6/c1-14-10-27(25(32)28(14)21-13-34-23(30)16(21)3)17-6-8-26(9-7-17)11-22(29)18-4-5-19-20(15(18)2)12-33-24(19)31/h4-5,14,17,22,29H,6-13H2,1-3H3/t14?,22-/m0/s1. The number of amides is 2. The smallest absolute Gasteiger partial charge is 0.338 e. The number of benzene rings is 1. The minimum atomic E-state index is -0.656. The second-order valence-electron chi connectivity index (χ2n) is 9.73. The predicted molar refractivity (Wildman–Crippen MR) is 122 cm³/mol. The molecule has 2 saturated heterocycles. The fourth-order valence-electron chi connectivity index (χ4n) is 5.66. The lowest BCUT2D eigenvalue weighted by Gasteiger charge is -2.37. The van der Waals surface area contributed by atoms with Gasteiger partial charge in [-0.15, -0.1) is 0 Å². The Morgan fingerprint density at radius 1 is 1.06 bits per heavy atom. The Hall–Kier alpha value is -2.91. The van der Waals surface area contributed by atoms with Crippen LogP contribution >= 0.6 is 0 Å². The van der Waals surface area contributed by atoms with Gasteiger partial charge in [-0.05, 0) is 50.8 Å². The fourth-order valence-corrected chi connectivity index (χ4v) is 5.66. The molecule has 5 rings (SSSR count). The van der Waals surface area contributed by atoms with Gasteiger partial charge in [0.15, 0.2) is 0 Å². The number of nitrogens with zero attached hydrogens (tertiary/aromatic N) is 3. The first-order valence-corrected chi connectivity index (χ1v) is 11.9. The first-order valence-electron chi connectivity index (χ1n) is 11.9. The molecule has 0 radical (unpaired) electrons. The van der Waals surface area contributed by atoms with Crippen LogP contribution < -0.4 is 0 Å². The maximum Gasteiger partial charge on any atom is 0.338 e. The molecule has 0 aromatic heterocycles. The number of β-amino-alcohol motifs (C(OH)–C–C–N with tert-alkyl or cyclic N) is 1. The summed E-state index contributed by atoms with van der Waals surface area (Å²) >= 11 is 0. The van der Waals surface area contributed by atoms with E-state index in [-0.39, 0.29) is 43.3 Å². The van der Waals surface area contributed by atoms with Crippen molar-refractivity contribution in [2.24, 2.45) is 0 Å². The first-order chi connectivity index (χ1) is 16.3. The highest BCUT2D eigenvalue weighted by molar-refractivity contribution is 5.94. The van der Waals surface area contributed by atoms with Crippen LogP contribution in [0.4, 0.5) is 4.79 Å². The van der Waals surface area contributed by atoms with Gasteiger partial charge in [0, 0.05) is 37.8 Å². The number of carbonyl (C=O) groups excluding carboxylic acids is 3. The van der Waals surface area contributed by atoms with E-state index in [4.69, 9.17) is 9.47 Å². The normalized spacial score (nSPS) is 24.7. The fraction of sp³-hybridized carbons (Fsp3) is 0.560.